The number of carbonyl (C=O) groups excluding carboxylic acids is 1. The van der Waals surface area contributed by atoms with Crippen molar-refractivity contribution in [2.45, 2.75) is 44.2 Å². The summed E-state index contributed by atoms with van der Waals surface area (Å²) in [6, 6.07) is 6.91. The Morgan fingerprint density at radius 3 is 2.80 bits per heavy atom. The zero-order valence-electron chi connectivity index (χ0n) is 15.9. The minimum absolute atomic E-state index is 0.135. The molecule has 3 heterocycles. The van der Waals surface area contributed by atoms with Crippen LogP contribution in [0, 0.1) is 0 Å². The molecule has 0 spiro atoms. The average molecular weight is 433 g/mol. The van der Waals surface area contributed by atoms with E-state index in [4.69, 9.17) is 4.52 Å². The van der Waals surface area contributed by atoms with Crippen molar-refractivity contribution < 1.29 is 22.5 Å². The van der Waals surface area contributed by atoms with E-state index < -0.39 is 11.7 Å². The maximum Gasteiger partial charge on any atom is 0.416 e. The van der Waals surface area contributed by atoms with Crippen molar-refractivity contribution in [2.75, 3.05) is 11.4 Å². The van der Waals surface area contributed by atoms with Crippen LogP contribution >= 0.6 is 11.3 Å². The van der Waals surface area contributed by atoms with Gasteiger partial charge in [0.1, 0.15) is 0 Å². The van der Waals surface area contributed by atoms with Gasteiger partial charge in [0.15, 0.2) is 5.82 Å². The summed E-state index contributed by atoms with van der Waals surface area (Å²) in [6.07, 6.45) is 0.197. The second kappa shape index (κ2) is 7.23. The van der Waals surface area contributed by atoms with Gasteiger partial charge in [-0.3, -0.25) is 4.79 Å². The van der Waals surface area contributed by atoms with Crippen LogP contribution in [0.1, 0.15) is 47.0 Å². The first kappa shape index (κ1) is 19.3. The van der Waals surface area contributed by atoms with Crippen molar-refractivity contribution in [3.8, 4) is 10.8 Å². The van der Waals surface area contributed by atoms with E-state index in [-0.39, 0.29) is 30.5 Å². The summed E-state index contributed by atoms with van der Waals surface area (Å²) < 4.78 is 44.5. The molecular formula is C21H18F3N3O2S. The summed E-state index contributed by atoms with van der Waals surface area (Å²) in [5, 5.41) is 4.06. The lowest BCUT2D eigenvalue weighted by molar-refractivity contribution is -0.137. The minimum Gasteiger partial charge on any atom is -0.333 e. The Balaban J connectivity index is 1.36. The molecule has 1 unspecified atom stereocenters. The summed E-state index contributed by atoms with van der Waals surface area (Å²) in [5.41, 5.74) is 0.791. The number of thiophene rings is 1. The van der Waals surface area contributed by atoms with E-state index in [0.29, 0.717) is 11.7 Å². The molecule has 1 saturated heterocycles. The molecule has 0 bridgehead atoms. The third-order valence-electron chi connectivity index (χ3n) is 5.62. The van der Waals surface area contributed by atoms with E-state index in [2.05, 4.69) is 16.2 Å². The second-order valence-electron chi connectivity index (χ2n) is 7.68. The number of benzene rings is 1. The van der Waals surface area contributed by atoms with Crippen molar-refractivity contribution in [1.29, 1.82) is 0 Å². The third kappa shape index (κ3) is 3.51. The highest BCUT2D eigenvalue weighted by Crippen LogP contribution is 2.38. The van der Waals surface area contributed by atoms with Gasteiger partial charge >= 0.3 is 6.18 Å². The van der Waals surface area contributed by atoms with Crippen LogP contribution in [0.3, 0.4) is 0 Å². The van der Waals surface area contributed by atoms with Crippen molar-refractivity contribution >= 4 is 22.9 Å². The van der Waals surface area contributed by atoms with Crippen molar-refractivity contribution in [3.63, 3.8) is 0 Å². The fourth-order valence-corrected chi connectivity index (χ4v) is 5.25. The molecule has 3 aromatic rings. The van der Waals surface area contributed by atoms with Gasteiger partial charge in [-0.25, -0.2) is 0 Å². The largest absolute Gasteiger partial charge is 0.416 e. The number of hydrogen-bond acceptors (Lipinski definition) is 5. The number of hydrogen-bond donors (Lipinski definition) is 0. The molecule has 2 aliphatic rings. The molecule has 0 saturated carbocycles. The monoisotopic (exact) mass is 433 g/mol. The van der Waals surface area contributed by atoms with Crippen LogP contribution in [0.15, 0.2) is 34.9 Å². The van der Waals surface area contributed by atoms with E-state index in [9.17, 15) is 18.0 Å². The van der Waals surface area contributed by atoms with Crippen LogP contribution in [0.5, 0.6) is 0 Å². The fraction of sp³-hybridized carbons (Fsp3) is 0.381. The van der Waals surface area contributed by atoms with Crippen LogP contribution in [0.2, 0.25) is 0 Å². The Hall–Kier alpha value is -2.68. The molecule has 1 aliphatic carbocycles. The number of amides is 1. The maximum atomic E-state index is 13.0. The summed E-state index contributed by atoms with van der Waals surface area (Å²) in [5.74, 6) is 0.282. The molecular weight excluding hydrogens is 415 g/mol. The summed E-state index contributed by atoms with van der Waals surface area (Å²) in [7, 11) is 0. The molecule has 9 heteroatoms. The van der Waals surface area contributed by atoms with Gasteiger partial charge < -0.3 is 9.42 Å². The van der Waals surface area contributed by atoms with Gasteiger partial charge in [0, 0.05) is 29.4 Å². The molecule has 156 valence electrons. The van der Waals surface area contributed by atoms with E-state index >= 15 is 0 Å². The van der Waals surface area contributed by atoms with E-state index in [1.165, 1.54) is 40.3 Å². The van der Waals surface area contributed by atoms with Gasteiger partial charge in [-0.1, -0.05) is 11.2 Å². The van der Waals surface area contributed by atoms with Crippen LogP contribution < -0.4 is 4.90 Å². The third-order valence-corrected chi connectivity index (χ3v) is 6.85. The number of fused-ring (bicyclic) bond motifs is 1. The fourth-order valence-electron chi connectivity index (χ4n) is 4.08. The number of aryl methyl sites for hydroxylation is 2. The number of carbonyl (C=O) groups is 1. The first-order chi connectivity index (χ1) is 14.4. The zero-order valence-corrected chi connectivity index (χ0v) is 16.7. The van der Waals surface area contributed by atoms with Gasteiger partial charge in [-0.05, 0) is 55.5 Å². The minimum atomic E-state index is -4.46. The molecule has 30 heavy (non-hydrogen) atoms. The number of alkyl halides is 3. The van der Waals surface area contributed by atoms with E-state index in [1.807, 2.05) is 0 Å². The number of rotatable bonds is 3. The number of aromatic nitrogens is 2. The van der Waals surface area contributed by atoms with Crippen molar-refractivity contribution in [1.82, 2.24) is 10.1 Å². The molecule has 1 atom stereocenters. The molecule has 5 rings (SSSR count). The highest BCUT2D eigenvalue weighted by molar-refractivity contribution is 7.15. The van der Waals surface area contributed by atoms with Crippen LogP contribution in [-0.4, -0.2) is 22.6 Å². The Kier molecular flexibility index (Phi) is 4.65. The predicted octanol–water partition coefficient (Wildman–Crippen LogP) is 5.22. The number of anilines is 1. The summed E-state index contributed by atoms with van der Waals surface area (Å²) >= 11 is 1.67. The first-order valence-electron chi connectivity index (χ1n) is 9.81. The topological polar surface area (TPSA) is 59.2 Å². The van der Waals surface area contributed by atoms with E-state index in [0.717, 1.165) is 29.9 Å². The molecule has 0 N–H and O–H groups in total. The lowest BCUT2D eigenvalue weighted by atomic mass is 9.99. The van der Waals surface area contributed by atoms with E-state index in [1.54, 1.807) is 11.3 Å². The summed E-state index contributed by atoms with van der Waals surface area (Å²) in [4.78, 5) is 20.6. The highest BCUT2D eigenvalue weighted by atomic mass is 32.1. The normalized spacial score (nSPS) is 19.4. The van der Waals surface area contributed by atoms with Crippen LogP contribution in [-0.2, 0) is 23.8 Å². The van der Waals surface area contributed by atoms with Crippen molar-refractivity contribution in [2.24, 2.45) is 0 Å². The molecule has 1 aromatic carbocycles. The highest BCUT2D eigenvalue weighted by Gasteiger charge is 2.36. The molecule has 1 fully saturated rings. The summed E-state index contributed by atoms with van der Waals surface area (Å²) in [6.45, 7) is 0.222. The van der Waals surface area contributed by atoms with Crippen molar-refractivity contribution in [3.05, 3.63) is 52.2 Å². The molecule has 1 amide bonds. The SMILES string of the molecule is O=C1CC(c2noc(-c3cc4c(s3)CCCC4)n2)CN1c1cccc(C(F)(F)F)c1. The lowest BCUT2D eigenvalue weighted by Gasteiger charge is -2.18. The second-order valence-corrected chi connectivity index (χ2v) is 8.81. The average Bonchev–Trinajstić information content (AvgIpc) is 3.44. The quantitative estimate of drug-likeness (QED) is 0.569. The maximum absolute atomic E-state index is 13.0. The molecule has 1 aliphatic heterocycles. The van der Waals surface area contributed by atoms with Gasteiger partial charge in [0.2, 0.25) is 5.91 Å². The van der Waals surface area contributed by atoms with Gasteiger partial charge in [-0.2, -0.15) is 18.2 Å². The standard InChI is InChI=1S/C21H18F3N3O2S/c22-21(23,24)14-5-3-6-15(10-14)27-11-13(9-18(27)28)19-25-20(29-26-19)17-8-12-4-1-2-7-16(12)30-17/h3,5-6,8,10,13H,1-2,4,7,9,11H2. The molecule has 2 aromatic heterocycles. The first-order valence-corrected chi connectivity index (χ1v) is 10.6. The van der Waals surface area contributed by atoms with Gasteiger partial charge in [0.25, 0.3) is 5.89 Å². The Labute approximate surface area is 174 Å². The van der Waals surface area contributed by atoms with Gasteiger partial charge in [-0.15, -0.1) is 11.3 Å². The molecule has 5 nitrogen and oxygen atoms in total. The van der Waals surface area contributed by atoms with Gasteiger partial charge in [0.05, 0.1) is 10.4 Å². The Morgan fingerprint density at radius 2 is 2.00 bits per heavy atom. The number of nitrogens with zero attached hydrogens (tertiary/aromatic N) is 3. The zero-order chi connectivity index (χ0) is 20.9. The Morgan fingerprint density at radius 1 is 1.17 bits per heavy atom. The lowest BCUT2D eigenvalue weighted by Crippen LogP contribution is -2.24. The molecule has 0 radical (unpaired) electrons. The Bertz CT molecular complexity index is 1080. The number of halogens is 3. The predicted molar refractivity (Wildman–Crippen MR) is 105 cm³/mol. The van der Waals surface area contributed by atoms with Crippen LogP contribution in [0.25, 0.3) is 10.8 Å². The van der Waals surface area contributed by atoms with Crippen LogP contribution in [0.4, 0.5) is 18.9 Å². The smallest absolute Gasteiger partial charge is 0.333 e.